The van der Waals surface area contributed by atoms with Gasteiger partial charge in [-0.05, 0) is 32.4 Å². The van der Waals surface area contributed by atoms with Crippen LogP contribution in [0.2, 0.25) is 0 Å². The third-order valence-electron chi connectivity index (χ3n) is 3.62. The first-order chi connectivity index (χ1) is 9.36. The lowest BCUT2D eigenvalue weighted by Crippen LogP contribution is -2.50. The van der Waals surface area contributed by atoms with Crippen LogP contribution in [-0.2, 0) is 9.59 Å². The Balaban J connectivity index is 0.00000400. The highest BCUT2D eigenvalue weighted by atomic mass is 35.5. The molecular formula is C15H30ClN3O2. The monoisotopic (exact) mass is 319 g/mol. The van der Waals surface area contributed by atoms with E-state index in [1.165, 1.54) is 0 Å². The summed E-state index contributed by atoms with van der Waals surface area (Å²) in [6.07, 6.45) is 2.95. The normalized spacial score (nSPS) is 16.0. The quantitative estimate of drug-likeness (QED) is 0.808. The van der Waals surface area contributed by atoms with Gasteiger partial charge >= 0.3 is 0 Å². The Hall–Kier alpha value is -0.810. The summed E-state index contributed by atoms with van der Waals surface area (Å²) in [4.78, 5) is 26.1. The topological polar surface area (TPSA) is 61.4 Å². The van der Waals surface area contributed by atoms with E-state index in [1.807, 2.05) is 25.7 Å². The molecular weight excluding hydrogens is 290 g/mol. The zero-order valence-corrected chi connectivity index (χ0v) is 14.5. The lowest BCUT2D eigenvalue weighted by atomic mass is 9.96. The zero-order chi connectivity index (χ0) is 15.2. The first-order valence-corrected chi connectivity index (χ1v) is 7.64. The van der Waals surface area contributed by atoms with Crippen molar-refractivity contribution < 1.29 is 9.59 Å². The van der Waals surface area contributed by atoms with Crippen LogP contribution in [0.3, 0.4) is 0 Å². The minimum absolute atomic E-state index is 0. The van der Waals surface area contributed by atoms with E-state index in [9.17, 15) is 9.59 Å². The van der Waals surface area contributed by atoms with Crippen LogP contribution in [0.4, 0.5) is 0 Å². The Labute approximate surface area is 134 Å². The maximum atomic E-state index is 12.4. The van der Waals surface area contributed by atoms with E-state index in [0.29, 0.717) is 6.04 Å². The summed E-state index contributed by atoms with van der Waals surface area (Å²) in [5.41, 5.74) is -0.454. The SMILES string of the molecule is CCCN(C(=O)CNC(=O)C(C)(C)C)C1CCNCC1.Cl. The highest BCUT2D eigenvalue weighted by Gasteiger charge is 2.26. The maximum absolute atomic E-state index is 12.4. The van der Waals surface area contributed by atoms with Crippen LogP contribution in [0.5, 0.6) is 0 Å². The Morgan fingerprint density at radius 2 is 1.81 bits per heavy atom. The molecule has 0 aromatic carbocycles. The second kappa shape index (κ2) is 9.26. The summed E-state index contributed by atoms with van der Waals surface area (Å²) in [5.74, 6) is -0.0380. The highest BCUT2D eigenvalue weighted by molar-refractivity contribution is 5.87. The molecule has 6 heteroatoms. The summed E-state index contributed by atoms with van der Waals surface area (Å²) < 4.78 is 0. The average molecular weight is 320 g/mol. The van der Waals surface area contributed by atoms with Gasteiger partial charge in [0.25, 0.3) is 0 Å². The van der Waals surface area contributed by atoms with Crippen LogP contribution in [-0.4, -0.2) is 48.9 Å². The molecule has 1 saturated heterocycles. The van der Waals surface area contributed by atoms with Gasteiger partial charge in [-0.3, -0.25) is 9.59 Å². The van der Waals surface area contributed by atoms with Crippen molar-refractivity contribution in [3.05, 3.63) is 0 Å². The molecule has 0 aromatic rings. The van der Waals surface area contributed by atoms with Crippen molar-refractivity contribution in [2.24, 2.45) is 5.41 Å². The minimum Gasteiger partial charge on any atom is -0.347 e. The third-order valence-corrected chi connectivity index (χ3v) is 3.62. The molecule has 0 radical (unpaired) electrons. The van der Waals surface area contributed by atoms with Crippen molar-refractivity contribution in [1.82, 2.24) is 15.5 Å². The second-order valence-electron chi connectivity index (χ2n) is 6.50. The van der Waals surface area contributed by atoms with Gasteiger partial charge in [-0.15, -0.1) is 12.4 Å². The van der Waals surface area contributed by atoms with Gasteiger partial charge in [-0.1, -0.05) is 27.7 Å². The first kappa shape index (κ1) is 20.2. The van der Waals surface area contributed by atoms with Gasteiger partial charge in [0.05, 0.1) is 6.54 Å². The van der Waals surface area contributed by atoms with Gasteiger partial charge in [-0.2, -0.15) is 0 Å². The predicted molar refractivity (Wildman–Crippen MR) is 87.6 cm³/mol. The van der Waals surface area contributed by atoms with Crippen molar-refractivity contribution >= 4 is 24.2 Å². The fourth-order valence-corrected chi connectivity index (χ4v) is 2.39. The number of nitrogens with one attached hydrogen (secondary N) is 2. The van der Waals surface area contributed by atoms with Gasteiger partial charge in [0, 0.05) is 18.0 Å². The zero-order valence-electron chi connectivity index (χ0n) is 13.7. The van der Waals surface area contributed by atoms with E-state index in [0.717, 1.165) is 38.9 Å². The van der Waals surface area contributed by atoms with E-state index in [4.69, 9.17) is 0 Å². The molecule has 21 heavy (non-hydrogen) atoms. The van der Waals surface area contributed by atoms with Crippen LogP contribution in [0.1, 0.15) is 47.0 Å². The third kappa shape index (κ3) is 6.66. The molecule has 0 saturated carbocycles. The van der Waals surface area contributed by atoms with Gasteiger partial charge in [-0.25, -0.2) is 0 Å². The molecule has 0 aliphatic carbocycles. The molecule has 1 heterocycles. The Kier molecular flexibility index (Phi) is 8.90. The van der Waals surface area contributed by atoms with E-state index in [-0.39, 0.29) is 30.8 Å². The van der Waals surface area contributed by atoms with Gasteiger partial charge in [0.15, 0.2) is 0 Å². The highest BCUT2D eigenvalue weighted by Crippen LogP contribution is 2.14. The van der Waals surface area contributed by atoms with Gasteiger partial charge in [0.1, 0.15) is 0 Å². The standard InChI is InChI=1S/C15H29N3O2.ClH/c1-5-10-18(12-6-8-16-9-7-12)13(19)11-17-14(20)15(2,3)4;/h12,16H,5-11H2,1-4H3,(H,17,20);1H. The summed E-state index contributed by atoms with van der Waals surface area (Å²) in [6.45, 7) is 10.4. The Morgan fingerprint density at radius 3 is 2.29 bits per heavy atom. The van der Waals surface area contributed by atoms with E-state index >= 15 is 0 Å². The number of amides is 2. The number of rotatable bonds is 5. The van der Waals surface area contributed by atoms with Crippen LogP contribution in [0, 0.1) is 5.41 Å². The lowest BCUT2D eigenvalue weighted by molar-refractivity contribution is -0.137. The number of nitrogens with zero attached hydrogens (tertiary/aromatic N) is 1. The number of hydrogen-bond donors (Lipinski definition) is 2. The Bertz CT molecular complexity index is 336. The molecule has 0 aromatic heterocycles. The summed E-state index contributed by atoms with van der Waals surface area (Å²) in [5, 5.41) is 6.07. The predicted octanol–water partition coefficient (Wildman–Crippen LogP) is 1.56. The molecule has 0 spiro atoms. The van der Waals surface area contributed by atoms with Crippen LogP contribution in [0.15, 0.2) is 0 Å². The Morgan fingerprint density at radius 1 is 1.24 bits per heavy atom. The van der Waals surface area contributed by atoms with Crippen molar-refractivity contribution in [2.45, 2.75) is 53.0 Å². The van der Waals surface area contributed by atoms with Gasteiger partial charge in [0.2, 0.25) is 11.8 Å². The smallest absolute Gasteiger partial charge is 0.242 e. The lowest BCUT2D eigenvalue weighted by Gasteiger charge is -2.35. The van der Waals surface area contributed by atoms with Crippen molar-refractivity contribution in [2.75, 3.05) is 26.2 Å². The molecule has 2 amide bonds. The molecule has 1 aliphatic rings. The summed E-state index contributed by atoms with van der Waals surface area (Å²) in [6, 6.07) is 0.315. The largest absolute Gasteiger partial charge is 0.347 e. The molecule has 0 bridgehead atoms. The fourth-order valence-electron chi connectivity index (χ4n) is 2.39. The van der Waals surface area contributed by atoms with Crippen LogP contribution < -0.4 is 10.6 Å². The van der Waals surface area contributed by atoms with Crippen LogP contribution >= 0.6 is 12.4 Å². The molecule has 1 rings (SSSR count). The van der Waals surface area contributed by atoms with E-state index < -0.39 is 5.41 Å². The molecule has 124 valence electrons. The van der Waals surface area contributed by atoms with Crippen molar-refractivity contribution in [1.29, 1.82) is 0 Å². The van der Waals surface area contributed by atoms with Crippen molar-refractivity contribution in [3.8, 4) is 0 Å². The number of halogens is 1. The molecule has 0 unspecified atom stereocenters. The molecule has 1 fully saturated rings. The number of carbonyl (C=O) groups is 2. The number of piperidine rings is 1. The minimum atomic E-state index is -0.454. The van der Waals surface area contributed by atoms with Crippen LogP contribution in [0.25, 0.3) is 0 Å². The van der Waals surface area contributed by atoms with Gasteiger partial charge < -0.3 is 15.5 Å². The second-order valence-corrected chi connectivity index (χ2v) is 6.50. The van der Waals surface area contributed by atoms with E-state index in [2.05, 4.69) is 17.6 Å². The molecule has 0 atom stereocenters. The summed E-state index contributed by atoms with van der Waals surface area (Å²) >= 11 is 0. The molecule has 1 aliphatic heterocycles. The molecule has 2 N–H and O–H groups in total. The van der Waals surface area contributed by atoms with E-state index in [1.54, 1.807) is 0 Å². The fraction of sp³-hybridized carbons (Fsp3) is 0.867. The maximum Gasteiger partial charge on any atom is 0.242 e. The number of carbonyl (C=O) groups excluding carboxylic acids is 2. The average Bonchev–Trinajstić information content (AvgIpc) is 2.41. The van der Waals surface area contributed by atoms with Crippen molar-refractivity contribution in [3.63, 3.8) is 0 Å². The molecule has 5 nitrogen and oxygen atoms in total. The summed E-state index contributed by atoms with van der Waals surface area (Å²) in [7, 11) is 0. The first-order valence-electron chi connectivity index (χ1n) is 7.64. The number of hydrogen-bond acceptors (Lipinski definition) is 3.